The topological polar surface area (TPSA) is 24.9 Å². The Labute approximate surface area is 105 Å². The van der Waals surface area contributed by atoms with Crippen LogP contribution in [-0.2, 0) is 0 Å². The number of thiazole rings is 1. The van der Waals surface area contributed by atoms with Crippen molar-refractivity contribution < 1.29 is 17.6 Å². The number of aromatic nitrogens is 1. The van der Waals surface area contributed by atoms with Crippen LogP contribution in [0.5, 0.6) is 0 Å². The summed E-state index contributed by atoms with van der Waals surface area (Å²) in [6, 6.07) is 3.34. The third-order valence-corrected chi connectivity index (χ3v) is 3.22. The second-order valence-corrected chi connectivity index (χ2v) is 5.03. The minimum Gasteiger partial charge on any atom is -0.359 e. The van der Waals surface area contributed by atoms with Crippen LogP contribution in [0, 0.1) is 5.82 Å². The molecule has 0 aliphatic carbocycles. The van der Waals surface area contributed by atoms with Crippen molar-refractivity contribution in [1.82, 2.24) is 4.98 Å². The highest BCUT2D eigenvalue weighted by Crippen LogP contribution is 2.28. The van der Waals surface area contributed by atoms with E-state index in [9.17, 15) is 17.6 Å². The van der Waals surface area contributed by atoms with Crippen molar-refractivity contribution in [2.24, 2.45) is 0 Å². The number of nitrogens with zero attached hydrogens (tertiary/aromatic N) is 1. The molecule has 0 spiro atoms. The molecule has 98 valence electrons. The van der Waals surface area contributed by atoms with E-state index in [0.717, 1.165) is 4.70 Å². The van der Waals surface area contributed by atoms with Gasteiger partial charge in [0.1, 0.15) is 5.82 Å². The van der Waals surface area contributed by atoms with E-state index in [-0.39, 0.29) is 0 Å². The largest absolute Gasteiger partial charge is 0.391 e. The molecule has 2 rings (SSSR count). The summed E-state index contributed by atoms with van der Waals surface area (Å²) in [6.07, 6.45) is -5.15. The molecule has 0 aliphatic heterocycles. The molecule has 0 amide bonds. The van der Waals surface area contributed by atoms with E-state index in [4.69, 9.17) is 0 Å². The number of anilines is 1. The first-order valence-electron chi connectivity index (χ1n) is 5.23. The number of nitrogens with one attached hydrogen (secondary N) is 1. The van der Waals surface area contributed by atoms with Gasteiger partial charge in [0.25, 0.3) is 0 Å². The molecule has 1 unspecified atom stereocenters. The molecule has 0 saturated heterocycles. The van der Waals surface area contributed by atoms with Crippen molar-refractivity contribution in [2.75, 3.05) is 5.32 Å². The van der Waals surface area contributed by atoms with Gasteiger partial charge in [-0.25, -0.2) is 9.37 Å². The van der Waals surface area contributed by atoms with Crippen LogP contribution in [0.4, 0.5) is 22.7 Å². The van der Waals surface area contributed by atoms with Crippen molar-refractivity contribution >= 4 is 26.7 Å². The average Bonchev–Trinajstić information content (AvgIpc) is 2.55. The minimum absolute atomic E-state index is 0.368. The number of halogens is 4. The lowest BCUT2D eigenvalue weighted by atomic mass is 10.2. The maximum Gasteiger partial charge on any atom is 0.391 e. The molecule has 0 saturated carbocycles. The van der Waals surface area contributed by atoms with Crippen molar-refractivity contribution in [3.05, 3.63) is 24.0 Å². The van der Waals surface area contributed by atoms with Gasteiger partial charge in [-0.3, -0.25) is 0 Å². The first-order valence-corrected chi connectivity index (χ1v) is 6.04. The van der Waals surface area contributed by atoms with Crippen LogP contribution >= 0.6 is 11.3 Å². The average molecular weight is 278 g/mol. The van der Waals surface area contributed by atoms with Crippen molar-refractivity contribution in [3.63, 3.8) is 0 Å². The highest BCUT2D eigenvalue weighted by molar-refractivity contribution is 7.22. The Morgan fingerprint density at radius 1 is 1.39 bits per heavy atom. The molecule has 2 nitrogen and oxygen atoms in total. The van der Waals surface area contributed by atoms with E-state index in [0.29, 0.717) is 10.6 Å². The highest BCUT2D eigenvalue weighted by Gasteiger charge is 2.30. The molecule has 0 aliphatic rings. The molecule has 1 aromatic heterocycles. The van der Waals surface area contributed by atoms with Crippen molar-refractivity contribution in [3.8, 4) is 0 Å². The minimum atomic E-state index is -4.21. The first-order chi connectivity index (χ1) is 8.33. The first kappa shape index (κ1) is 13.1. The molecular weight excluding hydrogens is 268 g/mol. The zero-order valence-electron chi connectivity index (χ0n) is 9.38. The fraction of sp³-hybridized carbons (Fsp3) is 0.364. The van der Waals surface area contributed by atoms with Gasteiger partial charge in [0, 0.05) is 12.1 Å². The van der Waals surface area contributed by atoms with E-state index in [2.05, 4.69) is 10.3 Å². The van der Waals surface area contributed by atoms with Gasteiger partial charge in [0.05, 0.1) is 16.6 Å². The molecule has 0 bridgehead atoms. The monoisotopic (exact) mass is 278 g/mol. The molecule has 7 heteroatoms. The van der Waals surface area contributed by atoms with Gasteiger partial charge in [-0.15, -0.1) is 0 Å². The summed E-state index contributed by atoms with van der Waals surface area (Å²) in [5.74, 6) is -0.414. The van der Waals surface area contributed by atoms with Gasteiger partial charge in [-0.05, 0) is 19.1 Å². The second-order valence-electron chi connectivity index (χ2n) is 4.00. The lowest BCUT2D eigenvalue weighted by Crippen LogP contribution is -2.23. The maximum atomic E-state index is 12.9. The van der Waals surface area contributed by atoms with Crippen LogP contribution in [0.15, 0.2) is 18.2 Å². The number of alkyl halides is 3. The molecule has 1 aromatic carbocycles. The second kappa shape index (κ2) is 4.72. The molecule has 2 aromatic rings. The predicted octanol–water partition coefficient (Wildman–Crippen LogP) is 4.19. The number of benzene rings is 1. The Hall–Kier alpha value is -1.37. The SMILES string of the molecule is CC(CC(F)(F)F)Nc1nc2cc(F)ccc2s1. The molecular formula is C11H10F4N2S. The van der Waals surface area contributed by atoms with E-state index in [1.165, 1.54) is 30.4 Å². The maximum absolute atomic E-state index is 12.9. The third-order valence-electron chi connectivity index (χ3n) is 2.26. The van der Waals surface area contributed by atoms with Gasteiger partial charge in [0.2, 0.25) is 0 Å². The van der Waals surface area contributed by atoms with Gasteiger partial charge >= 0.3 is 6.18 Å². The van der Waals surface area contributed by atoms with Crippen molar-refractivity contribution in [2.45, 2.75) is 25.6 Å². The normalized spacial score (nSPS) is 13.8. The van der Waals surface area contributed by atoms with Crippen LogP contribution in [0.25, 0.3) is 10.2 Å². The summed E-state index contributed by atoms with van der Waals surface area (Å²) in [7, 11) is 0. The Kier molecular flexibility index (Phi) is 3.43. The Balaban J connectivity index is 2.12. The lowest BCUT2D eigenvalue weighted by Gasteiger charge is -2.14. The fourth-order valence-corrected chi connectivity index (χ4v) is 2.53. The molecule has 1 N–H and O–H groups in total. The van der Waals surface area contributed by atoms with E-state index in [1.54, 1.807) is 6.07 Å². The Bertz CT molecular complexity index is 549. The molecule has 0 fully saturated rings. The van der Waals surface area contributed by atoms with Gasteiger partial charge in [-0.1, -0.05) is 11.3 Å². The zero-order chi connectivity index (χ0) is 13.3. The summed E-state index contributed by atoms with van der Waals surface area (Å²) in [4.78, 5) is 4.04. The van der Waals surface area contributed by atoms with Crippen LogP contribution in [0.1, 0.15) is 13.3 Å². The summed E-state index contributed by atoms with van der Waals surface area (Å²) >= 11 is 1.20. The van der Waals surface area contributed by atoms with Crippen LogP contribution in [-0.4, -0.2) is 17.2 Å². The Morgan fingerprint density at radius 2 is 2.11 bits per heavy atom. The van der Waals surface area contributed by atoms with Crippen LogP contribution in [0.2, 0.25) is 0 Å². The summed E-state index contributed by atoms with van der Waals surface area (Å²) < 4.78 is 50.1. The number of fused-ring (bicyclic) bond motifs is 1. The number of rotatable bonds is 3. The highest BCUT2D eigenvalue weighted by atomic mass is 32.1. The van der Waals surface area contributed by atoms with Gasteiger partial charge in [0.15, 0.2) is 5.13 Å². The predicted molar refractivity (Wildman–Crippen MR) is 63.3 cm³/mol. The Morgan fingerprint density at radius 3 is 2.78 bits per heavy atom. The standard InChI is InChI=1S/C11H10F4N2S/c1-6(5-11(13,14)15)16-10-17-8-4-7(12)2-3-9(8)18-10/h2-4,6H,5H2,1H3,(H,16,17). The van der Waals surface area contributed by atoms with Gasteiger partial charge in [-0.2, -0.15) is 13.2 Å². The fourth-order valence-electron chi connectivity index (χ4n) is 1.57. The quantitative estimate of drug-likeness (QED) is 0.852. The molecule has 0 radical (unpaired) electrons. The van der Waals surface area contributed by atoms with E-state index < -0.39 is 24.5 Å². The summed E-state index contributed by atoms with van der Waals surface area (Å²) in [5.41, 5.74) is 0.446. The molecule has 18 heavy (non-hydrogen) atoms. The van der Waals surface area contributed by atoms with Crippen LogP contribution < -0.4 is 5.32 Å². The van der Waals surface area contributed by atoms with Crippen LogP contribution in [0.3, 0.4) is 0 Å². The van der Waals surface area contributed by atoms with Gasteiger partial charge < -0.3 is 5.32 Å². The lowest BCUT2D eigenvalue weighted by molar-refractivity contribution is -0.136. The van der Waals surface area contributed by atoms with E-state index in [1.807, 2.05) is 0 Å². The summed E-state index contributed by atoms with van der Waals surface area (Å²) in [6.45, 7) is 1.43. The zero-order valence-corrected chi connectivity index (χ0v) is 10.2. The number of hydrogen-bond acceptors (Lipinski definition) is 3. The molecule has 1 heterocycles. The molecule has 1 atom stereocenters. The smallest absolute Gasteiger partial charge is 0.359 e. The third kappa shape index (κ3) is 3.32. The van der Waals surface area contributed by atoms with E-state index >= 15 is 0 Å². The van der Waals surface area contributed by atoms with Crippen molar-refractivity contribution in [1.29, 1.82) is 0 Å². The number of hydrogen-bond donors (Lipinski definition) is 1. The summed E-state index contributed by atoms with van der Waals surface area (Å²) in [5, 5.41) is 3.04.